The van der Waals surface area contributed by atoms with Crippen LogP contribution >= 0.6 is 22.7 Å². The van der Waals surface area contributed by atoms with E-state index in [1.807, 2.05) is 24.4 Å². The lowest BCUT2D eigenvalue weighted by Gasteiger charge is -2.06. The zero-order chi connectivity index (χ0) is 19.7. The first-order valence-corrected chi connectivity index (χ1v) is 10.1. The number of hydrogen-bond donors (Lipinski definition) is 0. The molecule has 0 atom stereocenters. The monoisotopic (exact) mass is 406 g/mol. The molecule has 0 aliphatic heterocycles. The van der Waals surface area contributed by atoms with Gasteiger partial charge < -0.3 is 0 Å². The van der Waals surface area contributed by atoms with Gasteiger partial charge in [0.25, 0.3) is 0 Å². The quantitative estimate of drug-likeness (QED) is 0.295. The van der Waals surface area contributed by atoms with Crippen LogP contribution in [0.4, 0.5) is 4.39 Å². The Morgan fingerprint density at radius 1 is 1.25 bits per heavy atom. The van der Waals surface area contributed by atoms with E-state index in [1.54, 1.807) is 29.7 Å². The molecule has 0 unspecified atom stereocenters. The van der Waals surface area contributed by atoms with E-state index >= 15 is 0 Å². The summed E-state index contributed by atoms with van der Waals surface area (Å²) in [6.45, 7) is 9.34. The van der Waals surface area contributed by atoms with Crippen LogP contribution in [-0.4, -0.2) is 21.7 Å². The van der Waals surface area contributed by atoms with Gasteiger partial charge in [0, 0.05) is 21.8 Å². The highest BCUT2D eigenvalue weighted by molar-refractivity contribution is 7.19. The van der Waals surface area contributed by atoms with Crippen molar-refractivity contribution in [1.82, 2.24) is 15.0 Å². The summed E-state index contributed by atoms with van der Waals surface area (Å²) < 4.78 is 14.6. The van der Waals surface area contributed by atoms with Crippen molar-refractivity contribution in [2.24, 2.45) is 4.99 Å². The van der Waals surface area contributed by atoms with Gasteiger partial charge in [-0.2, -0.15) is 0 Å². The van der Waals surface area contributed by atoms with Crippen molar-refractivity contribution in [2.75, 3.05) is 0 Å². The number of thiophene rings is 1. The Morgan fingerprint density at radius 2 is 2.11 bits per heavy atom. The number of aliphatic imine (C=N–C) groups is 1. The summed E-state index contributed by atoms with van der Waals surface area (Å²) in [6.07, 6.45) is 6.25. The molecule has 7 heteroatoms. The number of aryl methyl sites for hydroxylation is 1. The predicted molar refractivity (Wildman–Crippen MR) is 116 cm³/mol. The topological polar surface area (TPSA) is 51.0 Å². The summed E-state index contributed by atoms with van der Waals surface area (Å²) in [5, 5.41) is 3.75. The lowest BCUT2D eigenvalue weighted by molar-refractivity contribution is 0.622. The number of nitrogens with zero attached hydrogens (tertiary/aromatic N) is 4. The van der Waals surface area contributed by atoms with Gasteiger partial charge in [-0.05, 0) is 43.3 Å². The molecule has 0 bridgehead atoms. The molecule has 4 rings (SSSR count). The van der Waals surface area contributed by atoms with Crippen molar-refractivity contribution in [3.05, 3.63) is 71.9 Å². The molecule has 4 aromatic heterocycles. The second kappa shape index (κ2) is 7.53. The fourth-order valence-corrected chi connectivity index (χ4v) is 4.71. The average Bonchev–Trinajstić information content (AvgIpc) is 3.32. The summed E-state index contributed by atoms with van der Waals surface area (Å²) >= 11 is 3.10. The first-order valence-electron chi connectivity index (χ1n) is 8.37. The molecule has 4 nitrogen and oxygen atoms in total. The fraction of sp³-hybridized carbons (Fsp3) is 0.0476. The zero-order valence-electron chi connectivity index (χ0n) is 15.0. The third kappa shape index (κ3) is 3.30. The number of halogens is 1. The van der Waals surface area contributed by atoms with Gasteiger partial charge in [0.15, 0.2) is 0 Å². The highest BCUT2D eigenvalue weighted by Crippen LogP contribution is 2.38. The number of aromatic nitrogens is 3. The number of allylic oxidation sites excluding steroid dienone is 2. The molecule has 0 N–H and O–H groups in total. The Kier molecular flexibility index (Phi) is 4.93. The molecule has 4 heterocycles. The summed E-state index contributed by atoms with van der Waals surface area (Å²) in [5.41, 5.74) is 3.70. The molecular formula is C21H15FN4S2. The summed E-state index contributed by atoms with van der Waals surface area (Å²) in [4.78, 5) is 18.4. The van der Waals surface area contributed by atoms with Crippen LogP contribution in [0.3, 0.4) is 0 Å². The molecule has 0 aromatic carbocycles. The number of thiazole rings is 1. The predicted octanol–water partition coefficient (Wildman–Crippen LogP) is 6.16. The van der Waals surface area contributed by atoms with Crippen LogP contribution in [0.15, 0.2) is 59.7 Å². The third-order valence-corrected chi connectivity index (χ3v) is 6.21. The van der Waals surface area contributed by atoms with Crippen LogP contribution in [0.1, 0.15) is 11.4 Å². The number of rotatable bonds is 5. The van der Waals surface area contributed by atoms with Gasteiger partial charge >= 0.3 is 0 Å². The van der Waals surface area contributed by atoms with Gasteiger partial charge in [-0.3, -0.25) is 9.98 Å². The number of pyridine rings is 2. The SMILES string of the molecule is C=C/C=C(\N=C)c1nc(-c2sc(-c3cncc(F)c3)nc2C)cc2sccc12. The summed E-state index contributed by atoms with van der Waals surface area (Å²) in [7, 11) is 0. The second-order valence-electron chi connectivity index (χ2n) is 5.96. The molecular weight excluding hydrogens is 391 g/mol. The highest BCUT2D eigenvalue weighted by Gasteiger charge is 2.17. The van der Waals surface area contributed by atoms with Crippen LogP contribution in [0, 0.1) is 12.7 Å². The van der Waals surface area contributed by atoms with E-state index < -0.39 is 0 Å². The molecule has 0 aliphatic rings. The highest BCUT2D eigenvalue weighted by atomic mass is 32.1. The zero-order valence-corrected chi connectivity index (χ0v) is 16.6. The van der Waals surface area contributed by atoms with Crippen LogP contribution in [-0.2, 0) is 0 Å². The van der Waals surface area contributed by atoms with Crippen molar-refractivity contribution in [3.63, 3.8) is 0 Å². The Labute approximate surface area is 169 Å². The number of fused-ring (bicyclic) bond motifs is 1. The Hall–Kier alpha value is -3.03. The molecule has 0 saturated carbocycles. The van der Waals surface area contributed by atoms with Gasteiger partial charge in [-0.15, -0.1) is 22.7 Å². The second-order valence-corrected chi connectivity index (χ2v) is 7.91. The fourth-order valence-electron chi connectivity index (χ4n) is 2.88. The minimum atomic E-state index is -0.386. The van der Waals surface area contributed by atoms with E-state index in [4.69, 9.17) is 4.98 Å². The Bertz CT molecular complexity index is 1240. The van der Waals surface area contributed by atoms with Gasteiger partial charge in [0.2, 0.25) is 0 Å². The van der Waals surface area contributed by atoms with Crippen molar-refractivity contribution in [2.45, 2.75) is 6.92 Å². The van der Waals surface area contributed by atoms with E-state index in [2.05, 4.69) is 28.3 Å². The van der Waals surface area contributed by atoms with Gasteiger partial charge in [-0.1, -0.05) is 12.7 Å². The molecule has 28 heavy (non-hydrogen) atoms. The van der Waals surface area contributed by atoms with Crippen LogP contribution in [0.5, 0.6) is 0 Å². The third-order valence-electron chi connectivity index (χ3n) is 4.12. The molecule has 0 fully saturated rings. The molecule has 4 aromatic rings. The minimum Gasteiger partial charge on any atom is -0.262 e. The first kappa shape index (κ1) is 18.3. The van der Waals surface area contributed by atoms with E-state index in [-0.39, 0.29) is 5.82 Å². The Morgan fingerprint density at radius 3 is 2.86 bits per heavy atom. The molecule has 0 spiro atoms. The lowest BCUT2D eigenvalue weighted by atomic mass is 10.1. The Balaban J connectivity index is 1.89. The van der Waals surface area contributed by atoms with Crippen molar-refractivity contribution >= 4 is 45.2 Å². The molecule has 0 radical (unpaired) electrons. The van der Waals surface area contributed by atoms with E-state index in [9.17, 15) is 4.39 Å². The minimum absolute atomic E-state index is 0.386. The molecule has 138 valence electrons. The summed E-state index contributed by atoms with van der Waals surface area (Å²) in [5.74, 6) is -0.386. The lowest BCUT2D eigenvalue weighted by Crippen LogP contribution is -1.92. The normalized spacial score (nSPS) is 11.7. The van der Waals surface area contributed by atoms with Crippen LogP contribution < -0.4 is 0 Å². The van der Waals surface area contributed by atoms with Crippen LogP contribution in [0.25, 0.3) is 36.9 Å². The van der Waals surface area contributed by atoms with Crippen molar-refractivity contribution in [3.8, 4) is 21.1 Å². The van der Waals surface area contributed by atoms with Gasteiger partial charge in [0.1, 0.15) is 10.8 Å². The standard InChI is InChI=1S/C21H15FN4S2/c1-4-5-16(23-3)19-15-6-7-27-18(15)9-17(26-19)20-12(2)25-21(28-20)13-8-14(22)11-24-10-13/h4-11H,1,3H2,2H3/b16-5-. The van der Waals surface area contributed by atoms with E-state index in [1.165, 1.54) is 23.6 Å². The largest absolute Gasteiger partial charge is 0.262 e. The van der Waals surface area contributed by atoms with Crippen LogP contribution in [0.2, 0.25) is 0 Å². The maximum atomic E-state index is 13.5. The smallest absolute Gasteiger partial charge is 0.142 e. The van der Waals surface area contributed by atoms with Gasteiger partial charge in [0.05, 0.1) is 33.9 Å². The maximum Gasteiger partial charge on any atom is 0.142 e. The van der Waals surface area contributed by atoms with E-state index in [0.29, 0.717) is 16.3 Å². The molecule has 0 aliphatic carbocycles. The molecule has 0 saturated heterocycles. The van der Waals surface area contributed by atoms with Crippen molar-refractivity contribution in [1.29, 1.82) is 0 Å². The van der Waals surface area contributed by atoms with E-state index in [0.717, 1.165) is 32.0 Å². The summed E-state index contributed by atoms with van der Waals surface area (Å²) in [6, 6.07) is 5.51. The van der Waals surface area contributed by atoms with Crippen molar-refractivity contribution < 1.29 is 4.39 Å². The first-order chi connectivity index (χ1) is 13.6. The average molecular weight is 407 g/mol. The number of hydrogen-bond acceptors (Lipinski definition) is 6. The molecule has 0 amide bonds. The van der Waals surface area contributed by atoms with Gasteiger partial charge in [-0.25, -0.2) is 14.4 Å². The maximum absolute atomic E-state index is 13.5.